The summed E-state index contributed by atoms with van der Waals surface area (Å²) < 4.78 is 28.5. The normalized spacial score (nSPS) is 11.7. The molecule has 0 aliphatic heterocycles. The van der Waals surface area contributed by atoms with E-state index in [1.165, 1.54) is 12.3 Å². The molecule has 1 amide bonds. The number of hydrogen-bond acceptors (Lipinski definition) is 6. The maximum absolute atomic E-state index is 11.7. The van der Waals surface area contributed by atoms with E-state index in [0.717, 1.165) is 6.26 Å². The van der Waals surface area contributed by atoms with E-state index in [4.69, 9.17) is 4.74 Å². The Morgan fingerprint density at radius 3 is 2.73 bits per heavy atom. The van der Waals surface area contributed by atoms with Crippen molar-refractivity contribution in [1.82, 2.24) is 15.0 Å². The molecule has 0 bridgehead atoms. The van der Waals surface area contributed by atoms with E-state index in [1.54, 1.807) is 38.1 Å². The predicted molar refractivity (Wildman–Crippen MR) is 97.7 cm³/mol. The first-order valence-corrected chi connectivity index (χ1v) is 9.75. The Morgan fingerprint density at radius 1 is 1.27 bits per heavy atom. The van der Waals surface area contributed by atoms with E-state index >= 15 is 0 Å². The Balaban J connectivity index is 1.92. The number of carbonyl (C=O) groups excluding carboxylic acids is 1. The summed E-state index contributed by atoms with van der Waals surface area (Å²) in [7, 11) is -3.31. The van der Waals surface area contributed by atoms with Crippen LogP contribution in [0.4, 0.5) is 10.5 Å². The molecule has 0 saturated carbocycles. The van der Waals surface area contributed by atoms with Gasteiger partial charge in [0.15, 0.2) is 15.5 Å². The zero-order valence-electron chi connectivity index (χ0n) is 14.5. The Hall–Kier alpha value is -2.94. The lowest BCUT2D eigenvalue weighted by Crippen LogP contribution is -2.18. The molecule has 2 aromatic heterocycles. The van der Waals surface area contributed by atoms with Crippen LogP contribution in [0, 0.1) is 0 Å². The van der Waals surface area contributed by atoms with Crippen LogP contribution in [0.2, 0.25) is 0 Å². The number of fused-ring (bicyclic) bond motifs is 1. The van der Waals surface area contributed by atoms with Gasteiger partial charge in [0, 0.05) is 11.8 Å². The number of nitrogens with zero attached hydrogens (tertiary/aromatic N) is 2. The van der Waals surface area contributed by atoms with Crippen LogP contribution in [0.5, 0.6) is 0 Å². The van der Waals surface area contributed by atoms with Gasteiger partial charge in [-0.2, -0.15) is 0 Å². The minimum atomic E-state index is -3.31. The number of H-pyrrole nitrogens is 1. The van der Waals surface area contributed by atoms with Gasteiger partial charge in [-0.3, -0.25) is 5.32 Å². The lowest BCUT2D eigenvalue weighted by atomic mass is 10.2. The second-order valence-corrected chi connectivity index (χ2v) is 8.08. The zero-order chi connectivity index (χ0) is 18.9. The van der Waals surface area contributed by atoms with Gasteiger partial charge >= 0.3 is 6.09 Å². The summed E-state index contributed by atoms with van der Waals surface area (Å²) in [6.45, 7) is 3.51. The third-order valence-electron chi connectivity index (χ3n) is 3.46. The first-order chi connectivity index (χ1) is 12.2. The molecule has 0 atom stereocenters. The average molecular weight is 374 g/mol. The van der Waals surface area contributed by atoms with E-state index in [-0.39, 0.29) is 11.0 Å². The van der Waals surface area contributed by atoms with E-state index in [9.17, 15) is 13.2 Å². The second kappa shape index (κ2) is 6.75. The largest absolute Gasteiger partial charge is 0.447 e. The zero-order valence-corrected chi connectivity index (χ0v) is 15.3. The van der Waals surface area contributed by atoms with Crippen molar-refractivity contribution >= 4 is 32.8 Å². The van der Waals surface area contributed by atoms with Crippen LogP contribution in [0.15, 0.2) is 41.4 Å². The van der Waals surface area contributed by atoms with Gasteiger partial charge in [0.25, 0.3) is 0 Å². The number of carbonyl (C=O) groups is 1. The lowest BCUT2D eigenvalue weighted by molar-refractivity contribution is 0.130. The van der Waals surface area contributed by atoms with Crippen LogP contribution in [-0.2, 0) is 14.6 Å². The van der Waals surface area contributed by atoms with Crippen molar-refractivity contribution < 1.29 is 17.9 Å². The van der Waals surface area contributed by atoms with Crippen molar-refractivity contribution in [2.24, 2.45) is 0 Å². The highest BCUT2D eigenvalue weighted by atomic mass is 32.2. The molecule has 0 aliphatic carbocycles. The Labute approximate surface area is 150 Å². The predicted octanol–water partition coefficient (Wildman–Crippen LogP) is 2.99. The maximum Gasteiger partial charge on any atom is 0.411 e. The molecular formula is C17H18N4O4S. The van der Waals surface area contributed by atoms with E-state index in [2.05, 4.69) is 20.3 Å². The number of amides is 1. The molecule has 9 heteroatoms. The summed E-state index contributed by atoms with van der Waals surface area (Å²) in [5.74, 6) is 0.486. The van der Waals surface area contributed by atoms with Crippen LogP contribution in [0.3, 0.4) is 0 Å². The minimum Gasteiger partial charge on any atom is -0.447 e. The molecule has 3 rings (SSSR count). The number of rotatable bonds is 4. The third-order valence-corrected chi connectivity index (χ3v) is 4.57. The molecular weight excluding hydrogens is 356 g/mol. The number of aromatic nitrogens is 3. The molecule has 0 spiro atoms. The molecule has 2 heterocycles. The monoisotopic (exact) mass is 374 g/mol. The number of anilines is 1. The molecule has 0 saturated heterocycles. The van der Waals surface area contributed by atoms with Crippen LogP contribution in [0.25, 0.3) is 22.6 Å². The smallest absolute Gasteiger partial charge is 0.411 e. The SMILES string of the molecule is CC(C)OC(=O)Nc1cnc2nc(-c3cccc(S(C)(=O)=O)c3)[nH]c2c1. The van der Waals surface area contributed by atoms with Gasteiger partial charge in [-0.1, -0.05) is 12.1 Å². The second-order valence-electron chi connectivity index (χ2n) is 6.06. The standard InChI is InChI=1S/C17H18N4O4S/c1-10(2)25-17(22)19-12-8-14-16(18-9-12)21-15(20-14)11-5-4-6-13(7-11)26(3,23)24/h4-10H,1-3H3,(H,19,22)(H,18,20,21). The van der Waals surface area contributed by atoms with Crippen LogP contribution < -0.4 is 5.32 Å². The van der Waals surface area contributed by atoms with Crippen LogP contribution in [-0.4, -0.2) is 41.8 Å². The van der Waals surface area contributed by atoms with Gasteiger partial charge in [-0.25, -0.2) is 23.2 Å². The number of hydrogen-bond donors (Lipinski definition) is 2. The highest BCUT2D eigenvalue weighted by Gasteiger charge is 2.12. The highest BCUT2D eigenvalue weighted by Crippen LogP contribution is 2.23. The quantitative estimate of drug-likeness (QED) is 0.726. The van der Waals surface area contributed by atoms with Crippen molar-refractivity contribution in [3.63, 3.8) is 0 Å². The number of sulfone groups is 1. The molecule has 1 aromatic carbocycles. The summed E-state index contributed by atoms with van der Waals surface area (Å²) in [5.41, 5.74) is 2.14. The first kappa shape index (κ1) is 17.9. The minimum absolute atomic E-state index is 0.210. The summed E-state index contributed by atoms with van der Waals surface area (Å²) in [6.07, 6.45) is 1.83. The summed E-state index contributed by atoms with van der Waals surface area (Å²) >= 11 is 0. The number of imidazole rings is 1. The molecule has 0 aliphatic rings. The fraction of sp³-hybridized carbons (Fsp3) is 0.235. The molecule has 0 unspecified atom stereocenters. The summed E-state index contributed by atoms with van der Waals surface area (Å²) in [4.78, 5) is 23.5. The van der Waals surface area contributed by atoms with Gasteiger partial charge in [-0.15, -0.1) is 0 Å². The molecule has 26 heavy (non-hydrogen) atoms. The summed E-state index contributed by atoms with van der Waals surface area (Å²) in [6, 6.07) is 8.17. The topological polar surface area (TPSA) is 114 Å². The number of nitrogens with one attached hydrogen (secondary N) is 2. The lowest BCUT2D eigenvalue weighted by Gasteiger charge is -2.08. The van der Waals surface area contributed by atoms with Gasteiger partial charge in [-0.05, 0) is 32.0 Å². The van der Waals surface area contributed by atoms with Crippen molar-refractivity contribution in [1.29, 1.82) is 0 Å². The Kier molecular flexibility index (Phi) is 4.64. The third kappa shape index (κ3) is 3.99. The van der Waals surface area contributed by atoms with Crippen molar-refractivity contribution in [3.8, 4) is 11.4 Å². The van der Waals surface area contributed by atoms with Crippen LogP contribution in [0.1, 0.15) is 13.8 Å². The number of ether oxygens (including phenoxy) is 1. The molecule has 8 nitrogen and oxygen atoms in total. The fourth-order valence-electron chi connectivity index (χ4n) is 2.34. The Bertz CT molecular complexity index is 1070. The molecule has 2 N–H and O–H groups in total. The van der Waals surface area contributed by atoms with Crippen molar-refractivity contribution in [2.75, 3.05) is 11.6 Å². The van der Waals surface area contributed by atoms with Gasteiger partial charge in [0.2, 0.25) is 0 Å². The number of benzene rings is 1. The average Bonchev–Trinajstić information content (AvgIpc) is 2.96. The fourth-order valence-corrected chi connectivity index (χ4v) is 3.01. The maximum atomic E-state index is 11.7. The van der Waals surface area contributed by atoms with Gasteiger partial charge < -0.3 is 9.72 Å². The van der Waals surface area contributed by atoms with Crippen molar-refractivity contribution in [2.45, 2.75) is 24.8 Å². The summed E-state index contributed by atoms with van der Waals surface area (Å²) in [5, 5.41) is 2.59. The molecule has 136 valence electrons. The van der Waals surface area contributed by atoms with E-state index in [0.29, 0.717) is 28.2 Å². The molecule has 0 fully saturated rings. The van der Waals surface area contributed by atoms with Crippen molar-refractivity contribution in [3.05, 3.63) is 36.5 Å². The Morgan fingerprint density at radius 2 is 2.04 bits per heavy atom. The highest BCUT2D eigenvalue weighted by molar-refractivity contribution is 7.90. The molecule has 3 aromatic rings. The first-order valence-electron chi connectivity index (χ1n) is 7.86. The van der Waals surface area contributed by atoms with Gasteiger partial charge in [0.05, 0.1) is 28.4 Å². The van der Waals surface area contributed by atoms with Gasteiger partial charge in [0.1, 0.15) is 5.82 Å². The number of aromatic amines is 1. The number of pyridine rings is 1. The van der Waals surface area contributed by atoms with Crippen LogP contribution >= 0.6 is 0 Å². The van der Waals surface area contributed by atoms with E-state index < -0.39 is 15.9 Å². The van der Waals surface area contributed by atoms with E-state index in [1.807, 2.05) is 0 Å². The molecule has 0 radical (unpaired) electrons.